The maximum absolute atomic E-state index is 13.2. The molecule has 1 aliphatic rings. The molecule has 0 atom stereocenters. The molecule has 0 unspecified atom stereocenters. The van der Waals surface area contributed by atoms with Crippen molar-refractivity contribution >= 4 is 37.5 Å². The number of amides is 1. The van der Waals surface area contributed by atoms with E-state index in [1.54, 1.807) is 4.90 Å². The lowest BCUT2D eigenvalue weighted by Crippen LogP contribution is -2.38. The van der Waals surface area contributed by atoms with Crippen LogP contribution in [0.5, 0.6) is 0 Å². The third kappa shape index (κ3) is 3.72. The highest BCUT2D eigenvalue weighted by Crippen LogP contribution is 2.26. The Labute approximate surface area is 130 Å². The lowest BCUT2D eigenvalue weighted by molar-refractivity contribution is -0.128. The van der Waals surface area contributed by atoms with Crippen molar-refractivity contribution in [1.29, 1.82) is 0 Å². The Morgan fingerprint density at radius 2 is 2.00 bits per heavy atom. The minimum atomic E-state index is -3.95. The summed E-state index contributed by atoms with van der Waals surface area (Å²) in [5.74, 6) is -0.990. The van der Waals surface area contributed by atoms with Crippen molar-refractivity contribution in [3.63, 3.8) is 0 Å². The molecule has 1 aromatic carbocycles. The molecule has 9 heteroatoms. The third-order valence-corrected chi connectivity index (χ3v) is 5.57. The predicted molar refractivity (Wildman–Crippen MR) is 79.5 cm³/mol. The molecular weight excluding hydrogens is 365 g/mol. The summed E-state index contributed by atoms with van der Waals surface area (Å²) in [4.78, 5) is 13.2. The van der Waals surface area contributed by atoms with E-state index in [-0.39, 0.29) is 27.5 Å². The molecule has 116 valence electrons. The smallest absolute Gasteiger partial charge is 0.242 e. The van der Waals surface area contributed by atoms with Gasteiger partial charge in [-0.3, -0.25) is 4.79 Å². The second kappa shape index (κ2) is 6.29. The number of rotatable bonds is 4. The quantitative estimate of drug-likeness (QED) is 0.765. The van der Waals surface area contributed by atoms with Crippen LogP contribution < -0.4 is 10.5 Å². The molecule has 1 fully saturated rings. The van der Waals surface area contributed by atoms with Crippen molar-refractivity contribution < 1.29 is 17.6 Å². The first kappa shape index (κ1) is 16.2. The number of nitrogens with two attached hydrogens (primary N) is 1. The average molecular weight is 380 g/mol. The fraction of sp³-hybridized carbons (Fsp3) is 0.417. The second-order valence-electron chi connectivity index (χ2n) is 4.72. The zero-order valence-corrected chi connectivity index (χ0v) is 13.5. The second-order valence-corrected chi connectivity index (χ2v) is 7.31. The van der Waals surface area contributed by atoms with Gasteiger partial charge in [0, 0.05) is 17.6 Å². The summed E-state index contributed by atoms with van der Waals surface area (Å²) in [6.45, 7) is 0.966. The molecule has 6 nitrogen and oxygen atoms in total. The van der Waals surface area contributed by atoms with Gasteiger partial charge in [0.2, 0.25) is 15.9 Å². The Morgan fingerprint density at radius 3 is 2.62 bits per heavy atom. The summed E-state index contributed by atoms with van der Waals surface area (Å²) in [5.41, 5.74) is 5.10. The molecule has 0 radical (unpaired) electrons. The maximum atomic E-state index is 13.2. The van der Waals surface area contributed by atoms with E-state index in [2.05, 4.69) is 20.7 Å². The molecular formula is C12H15BrFN3O3S. The molecule has 21 heavy (non-hydrogen) atoms. The van der Waals surface area contributed by atoms with Crippen LogP contribution in [-0.4, -0.2) is 38.9 Å². The molecule has 3 N–H and O–H groups in total. The Kier molecular flexibility index (Phi) is 4.84. The summed E-state index contributed by atoms with van der Waals surface area (Å²) in [7, 11) is -3.95. The van der Waals surface area contributed by atoms with Crippen molar-refractivity contribution in [1.82, 2.24) is 9.62 Å². The van der Waals surface area contributed by atoms with Crippen molar-refractivity contribution in [3.8, 4) is 0 Å². The zero-order chi connectivity index (χ0) is 15.6. The van der Waals surface area contributed by atoms with Crippen LogP contribution in [0.2, 0.25) is 0 Å². The summed E-state index contributed by atoms with van der Waals surface area (Å²) in [5, 5.41) is 0. The first-order valence-corrected chi connectivity index (χ1v) is 8.61. The number of carbonyl (C=O) groups excluding carboxylic acids is 1. The number of halogens is 2. The van der Waals surface area contributed by atoms with Crippen molar-refractivity contribution in [3.05, 3.63) is 22.4 Å². The Bertz CT molecular complexity index is 660. The predicted octanol–water partition coefficient (Wildman–Crippen LogP) is 1.07. The molecule has 0 saturated carbocycles. The highest BCUT2D eigenvalue weighted by molar-refractivity contribution is 9.10. The number of carbonyl (C=O) groups is 1. The van der Waals surface area contributed by atoms with Crippen LogP contribution in [0.3, 0.4) is 0 Å². The van der Waals surface area contributed by atoms with Gasteiger partial charge < -0.3 is 10.6 Å². The molecule has 1 amide bonds. The Morgan fingerprint density at radius 1 is 1.38 bits per heavy atom. The van der Waals surface area contributed by atoms with E-state index in [4.69, 9.17) is 5.73 Å². The van der Waals surface area contributed by atoms with E-state index >= 15 is 0 Å². The third-order valence-electron chi connectivity index (χ3n) is 3.21. The van der Waals surface area contributed by atoms with E-state index in [1.807, 2.05) is 0 Å². The van der Waals surface area contributed by atoms with Crippen molar-refractivity contribution in [2.45, 2.75) is 17.7 Å². The van der Waals surface area contributed by atoms with Crippen LogP contribution in [0.4, 0.5) is 10.1 Å². The first-order valence-electron chi connectivity index (χ1n) is 6.33. The minimum Gasteiger partial charge on any atom is -0.396 e. The van der Waals surface area contributed by atoms with Crippen molar-refractivity contribution in [2.24, 2.45) is 0 Å². The summed E-state index contributed by atoms with van der Waals surface area (Å²) in [6.07, 6.45) is 1.86. The lowest BCUT2D eigenvalue weighted by atomic mass is 10.3. The standard InChI is InChI=1S/C12H15BrFN3O3S/c13-8-5-9(14)10(15)6-11(8)21(19,20)16-7-12(18)17-3-1-2-4-17/h5-6,16H,1-4,7,15H2. The average Bonchev–Trinajstić information content (AvgIpc) is 2.94. The summed E-state index contributed by atoms with van der Waals surface area (Å²) in [6, 6.07) is 1.99. The Hall–Kier alpha value is -1.19. The van der Waals surface area contributed by atoms with Gasteiger partial charge in [-0.2, -0.15) is 0 Å². The minimum absolute atomic E-state index is 0.0512. The highest BCUT2D eigenvalue weighted by Gasteiger charge is 2.23. The maximum Gasteiger partial charge on any atom is 0.242 e. The van der Waals surface area contributed by atoms with E-state index in [9.17, 15) is 17.6 Å². The molecule has 1 heterocycles. The normalized spacial score (nSPS) is 15.4. The van der Waals surface area contributed by atoms with E-state index in [0.717, 1.165) is 25.0 Å². The zero-order valence-electron chi connectivity index (χ0n) is 11.1. The van der Waals surface area contributed by atoms with Gasteiger partial charge in [-0.05, 0) is 40.9 Å². The van der Waals surface area contributed by atoms with Gasteiger partial charge in [0.15, 0.2) is 0 Å². The molecule has 0 spiro atoms. The molecule has 1 aliphatic heterocycles. The molecule has 2 rings (SSSR count). The summed E-state index contributed by atoms with van der Waals surface area (Å²) < 4.78 is 39.8. The monoisotopic (exact) mass is 379 g/mol. The molecule has 1 aromatic rings. The fourth-order valence-electron chi connectivity index (χ4n) is 2.06. The Balaban J connectivity index is 2.11. The van der Waals surface area contributed by atoms with Crippen LogP contribution in [0, 0.1) is 5.82 Å². The molecule has 0 bridgehead atoms. The number of anilines is 1. The number of nitrogens with one attached hydrogen (secondary N) is 1. The number of sulfonamides is 1. The molecule has 0 aromatic heterocycles. The topological polar surface area (TPSA) is 92.5 Å². The largest absolute Gasteiger partial charge is 0.396 e. The summed E-state index contributed by atoms with van der Waals surface area (Å²) >= 11 is 2.98. The van der Waals surface area contributed by atoms with Crippen LogP contribution in [0.25, 0.3) is 0 Å². The van der Waals surface area contributed by atoms with Crippen LogP contribution in [0.15, 0.2) is 21.5 Å². The van der Waals surface area contributed by atoms with Crippen LogP contribution >= 0.6 is 15.9 Å². The van der Waals surface area contributed by atoms with Gasteiger partial charge in [0.05, 0.1) is 17.1 Å². The fourth-order valence-corrected chi connectivity index (χ4v) is 4.09. The lowest BCUT2D eigenvalue weighted by Gasteiger charge is -2.16. The van der Waals surface area contributed by atoms with Gasteiger partial charge in [-0.1, -0.05) is 0 Å². The number of hydrogen-bond donors (Lipinski definition) is 2. The number of nitrogens with zero attached hydrogens (tertiary/aromatic N) is 1. The van der Waals surface area contributed by atoms with E-state index in [0.29, 0.717) is 13.1 Å². The first-order chi connectivity index (χ1) is 9.81. The van der Waals surface area contributed by atoms with Crippen LogP contribution in [0.1, 0.15) is 12.8 Å². The van der Waals surface area contributed by atoms with E-state index < -0.39 is 15.8 Å². The number of benzene rings is 1. The SMILES string of the molecule is Nc1cc(S(=O)(=O)NCC(=O)N2CCCC2)c(Br)cc1F. The highest BCUT2D eigenvalue weighted by atomic mass is 79.9. The number of likely N-dealkylation sites (tertiary alicyclic amines) is 1. The number of hydrogen-bond acceptors (Lipinski definition) is 4. The van der Waals surface area contributed by atoms with Gasteiger partial charge in [-0.15, -0.1) is 0 Å². The van der Waals surface area contributed by atoms with Crippen molar-refractivity contribution in [2.75, 3.05) is 25.4 Å². The molecule has 1 saturated heterocycles. The van der Waals surface area contributed by atoms with Gasteiger partial charge in [-0.25, -0.2) is 17.5 Å². The number of nitrogen functional groups attached to an aromatic ring is 1. The van der Waals surface area contributed by atoms with E-state index in [1.165, 1.54) is 0 Å². The molecule has 0 aliphatic carbocycles. The van der Waals surface area contributed by atoms with Crippen LogP contribution in [-0.2, 0) is 14.8 Å². The van der Waals surface area contributed by atoms with Gasteiger partial charge >= 0.3 is 0 Å². The van der Waals surface area contributed by atoms with Gasteiger partial charge in [0.1, 0.15) is 5.82 Å². The van der Waals surface area contributed by atoms with Gasteiger partial charge in [0.25, 0.3) is 0 Å².